The molecule has 0 aromatic carbocycles. The number of rotatable bonds is 4. The molecule has 0 aliphatic carbocycles. The minimum Gasteiger partial charge on any atom is -0.381 e. The number of nitrogens with one attached hydrogen (secondary N) is 1. The van der Waals surface area contributed by atoms with Crippen LogP contribution >= 0.6 is 27.3 Å². The standard InChI is InChI=1S/C11H16BrNOS/c12-11-2-1-10(15-11)8-13-7-9-3-5-14-6-4-9/h1-2,9,13H,3-8H2. The van der Waals surface area contributed by atoms with Crippen molar-refractivity contribution in [2.45, 2.75) is 19.4 Å². The molecular formula is C11H16BrNOS. The molecule has 2 rings (SSSR count). The highest BCUT2D eigenvalue weighted by molar-refractivity contribution is 9.11. The SMILES string of the molecule is Brc1ccc(CNCC2CCOCC2)s1. The van der Waals surface area contributed by atoms with Crippen LogP contribution in [0.25, 0.3) is 0 Å². The van der Waals surface area contributed by atoms with E-state index in [1.54, 1.807) is 11.3 Å². The van der Waals surface area contributed by atoms with Crippen LogP contribution in [-0.4, -0.2) is 19.8 Å². The molecule has 2 heterocycles. The zero-order valence-electron chi connectivity index (χ0n) is 8.67. The first-order chi connectivity index (χ1) is 7.34. The Hall–Kier alpha value is 0.1000. The van der Waals surface area contributed by atoms with Crippen LogP contribution in [0.4, 0.5) is 0 Å². The van der Waals surface area contributed by atoms with Gasteiger partial charge in [-0.15, -0.1) is 11.3 Å². The van der Waals surface area contributed by atoms with E-state index in [0.29, 0.717) is 0 Å². The molecule has 0 spiro atoms. The third kappa shape index (κ3) is 3.87. The van der Waals surface area contributed by atoms with Crippen LogP contribution in [0.15, 0.2) is 15.9 Å². The third-order valence-corrected chi connectivity index (χ3v) is 4.33. The van der Waals surface area contributed by atoms with Crippen LogP contribution < -0.4 is 5.32 Å². The first-order valence-corrected chi connectivity index (χ1v) is 6.98. The van der Waals surface area contributed by atoms with Gasteiger partial charge in [0.15, 0.2) is 0 Å². The van der Waals surface area contributed by atoms with Gasteiger partial charge in [-0.25, -0.2) is 0 Å². The van der Waals surface area contributed by atoms with Crippen LogP contribution in [0.2, 0.25) is 0 Å². The van der Waals surface area contributed by atoms with Crippen LogP contribution in [0.3, 0.4) is 0 Å². The summed E-state index contributed by atoms with van der Waals surface area (Å²) in [5.41, 5.74) is 0. The van der Waals surface area contributed by atoms with Gasteiger partial charge in [0.05, 0.1) is 3.79 Å². The Morgan fingerprint density at radius 2 is 2.20 bits per heavy atom. The van der Waals surface area contributed by atoms with Gasteiger partial charge in [0, 0.05) is 24.6 Å². The normalized spacial score (nSPS) is 18.2. The predicted octanol–water partition coefficient (Wildman–Crippen LogP) is 3.03. The second-order valence-electron chi connectivity index (χ2n) is 3.89. The molecule has 1 aliphatic heterocycles. The first kappa shape index (κ1) is 11.6. The molecule has 1 aromatic rings. The van der Waals surface area contributed by atoms with Crippen molar-refractivity contribution in [3.05, 3.63) is 20.8 Å². The van der Waals surface area contributed by atoms with Gasteiger partial charge in [0.2, 0.25) is 0 Å². The lowest BCUT2D eigenvalue weighted by Crippen LogP contribution is -2.27. The fourth-order valence-electron chi connectivity index (χ4n) is 1.80. The van der Waals surface area contributed by atoms with Gasteiger partial charge in [-0.3, -0.25) is 0 Å². The van der Waals surface area contributed by atoms with Gasteiger partial charge in [0.25, 0.3) is 0 Å². The van der Waals surface area contributed by atoms with E-state index in [2.05, 4.69) is 33.4 Å². The maximum absolute atomic E-state index is 5.34. The van der Waals surface area contributed by atoms with Crippen LogP contribution in [0, 0.1) is 5.92 Å². The predicted molar refractivity (Wildman–Crippen MR) is 67.3 cm³/mol. The molecule has 0 atom stereocenters. The van der Waals surface area contributed by atoms with E-state index in [0.717, 1.165) is 32.2 Å². The average molecular weight is 290 g/mol. The number of ether oxygens (including phenoxy) is 1. The Morgan fingerprint density at radius 3 is 2.87 bits per heavy atom. The van der Waals surface area contributed by atoms with E-state index in [4.69, 9.17) is 4.74 Å². The maximum atomic E-state index is 5.34. The highest BCUT2D eigenvalue weighted by Gasteiger charge is 2.12. The van der Waals surface area contributed by atoms with Crippen molar-refractivity contribution < 1.29 is 4.74 Å². The lowest BCUT2D eigenvalue weighted by Gasteiger charge is -2.22. The number of hydrogen-bond donors (Lipinski definition) is 1. The fraction of sp³-hybridized carbons (Fsp3) is 0.636. The van der Waals surface area contributed by atoms with E-state index >= 15 is 0 Å². The Morgan fingerprint density at radius 1 is 1.40 bits per heavy atom. The largest absolute Gasteiger partial charge is 0.381 e. The minimum absolute atomic E-state index is 0.808. The molecular weight excluding hydrogens is 274 g/mol. The molecule has 15 heavy (non-hydrogen) atoms. The van der Waals surface area contributed by atoms with Crippen molar-refractivity contribution >= 4 is 27.3 Å². The molecule has 1 aromatic heterocycles. The summed E-state index contributed by atoms with van der Waals surface area (Å²) in [6.07, 6.45) is 2.42. The van der Waals surface area contributed by atoms with Gasteiger partial charge in [-0.1, -0.05) is 0 Å². The molecule has 1 fully saturated rings. The quantitative estimate of drug-likeness (QED) is 0.920. The van der Waals surface area contributed by atoms with Gasteiger partial charge in [-0.05, 0) is 53.4 Å². The van der Waals surface area contributed by atoms with Gasteiger partial charge in [0.1, 0.15) is 0 Å². The van der Waals surface area contributed by atoms with Crippen LogP contribution in [-0.2, 0) is 11.3 Å². The topological polar surface area (TPSA) is 21.3 Å². The molecule has 0 radical (unpaired) electrons. The summed E-state index contributed by atoms with van der Waals surface area (Å²) in [7, 11) is 0. The van der Waals surface area contributed by atoms with Crippen molar-refractivity contribution in [2.75, 3.05) is 19.8 Å². The van der Waals surface area contributed by atoms with Crippen molar-refractivity contribution in [1.82, 2.24) is 5.32 Å². The number of hydrogen-bond acceptors (Lipinski definition) is 3. The number of thiophene rings is 1. The molecule has 1 aliphatic rings. The van der Waals surface area contributed by atoms with Crippen molar-refractivity contribution in [2.24, 2.45) is 5.92 Å². The van der Waals surface area contributed by atoms with E-state index in [9.17, 15) is 0 Å². The fourth-order valence-corrected chi connectivity index (χ4v) is 3.25. The Kier molecular flexibility index (Phi) is 4.62. The van der Waals surface area contributed by atoms with Crippen LogP contribution in [0.1, 0.15) is 17.7 Å². The summed E-state index contributed by atoms with van der Waals surface area (Å²) in [4.78, 5) is 1.40. The van der Waals surface area contributed by atoms with E-state index in [1.165, 1.54) is 21.5 Å². The maximum Gasteiger partial charge on any atom is 0.0701 e. The Bertz CT molecular complexity index is 297. The average Bonchev–Trinajstić information content (AvgIpc) is 2.66. The second-order valence-corrected chi connectivity index (χ2v) is 6.44. The molecule has 84 valence electrons. The molecule has 0 unspecified atom stereocenters. The number of halogens is 1. The van der Waals surface area contributed by atoms with Crippen molar-refractivity contribution in [3.8, 4) is 0 Å². The molecule has 1 saturated heterocycles. The summed E-state index contributed by atoms with van der Waals surface area (Å²) in [5.74, 6) is 0.808. The molecule has 2 nitrogen and oxygen atoms in total. The van der Waals surface area contributed by atoms with E-state index in [-0.39, 0.29) is 0 Å². The highest BCUT2D eigenvalue weighted by atomic mass is 79.9. The molecule has 1 N–H and O–H groups in total. The van der Waals surface area contributed by atoms with Gasteiger partial charge >= 0.3 is 0 Å². The highest BCUT2D eigenvalue weighted by Crippen LogP contribution is 2.22. The summed E-state index contributed by atoms with van der Waals surface area (Å²) in [6, 6.07) is 4.28. The summed E-state index contributed by atoms with van der Waals surface area (Å²) in [6.45, 7) is 4.00. The third-order valence-electron chi connectivity index (χ3n) is 2.70. The molecule has 4 heteroatoms. The molecule has 0 amide bonds. The summed E-state index contributed by atoms with van der Waals surface area (Å²) >= 11 is 5.28. The van der Waals surface area contributed by atoms with Crippen molar-refractivity contribution in [3.63, 3.8) is 0 Å². The van der Waals surface area contributed by atoms with Crippen molar-refractivity contribution in [1.29, 1.82) is 0 Å². The Balaban J connectivity index is 1.65. The second kappa shape index (κ2) is 5.99. The first-order valence-electron chi connectivity index (χ1n) is 5.37. The minimum atomic E-state index is 0.808. The lowest BCUT2D eigenvalue weighted by atomic mass is 10.0. The zero-order valence-corrected chi connectivity index (χ0v) is 11.1. The Labute approximate surface area is 103 Å². The van der Waals surface area contributed by atoms with Crippen LogP contribution in [0.5, 0.6) is 0 Å². The summed E-state index contributed by atoms with van der Waals surface area (Å²) < 4.78 is 6.55. The monoisotopic (exact) mass is 289 g/mol. The van der Waals surface area contributed by atoms with E-state index in [1.807, 2.05) is 0 Å². The van der Waals surface area contributed by atoms with Gasteiger partial charge < -0.3 is 10.1 Å². The zero-order chi connectivity index (χ0) is 10.5. The van der Waals surface area contributed by atoms with Gasteiger partial charge in [-0.2, -0.15) is 0 Å². The molecule has 0 bridgehead atoms. The van der Waals surface area contributed by atoms with E-state index < -0.39 is 0 Å². The smallest absolute Gasteiger partial charge is 0.0701 e. The lowest BCUT2D eigenvalue weighted by molar-refractivity contribution is 0.0662. The molecule has 0 saturated carbocycles. The summed E-state index contributed by atoms with van der Waals surface area (Å²) in [5, 5.41) is 3.52.